The Morgan fingerprint density at radius 3 is 2.81 bits per heavy atom. The largest absolute Gasteiger partial charge is 0.309 e. The van der Waals surface area contributed by atoms with Crippen LogP contribution in [0, 0.1) is 5.92 Å². The van der Waals surface area contributed by atoms with Gasteiger partial charge in [-0.15, -0.1) is 5.10 Å². The van der Waals surface area contributed by atoms with Crippen molar-refractivity contribution in [2.75, 3.05) is 6.54 Å². The summed E-state index contributed by atoms with van der Waals surface area (Å²) in [7, 11) is 0. The van der Waals surface area contributed by atoms with Gasteiger partial charge >= 0.3 is 0 Å². The molecular formula is C14H24N6S. The van der Waals surface area contributed by atoms with Crippen LogP contribution in [-0.2, 0) is 19.4 Å². The van der Waals surface area contributed by atoms with Gasteiger partial charge in [0, 0.05) is 13.0 Å². The van der Waals surface area contributed by atoms with Gasteiger partial charge in [0.2, 0.25) is 0 Å². The average molecular weight is 308 g/mol. The molecule has 2 aromatic rings. The van der Waals surface area contributed by atoms with Crippen LogP contribution in [0.5, 0.6) is 0 Å². The first kappa shape index (κ1) is 16.0. The van der Waals surface area contributed by atoms with Crippen molar-refractivity contribution >= 4 is 11.5 Å². The maximum Gasteiger partial charge on any atom is 0.138 e. The zero-order valence-electron chi connectivity index (χ0n) is 13.2. The van der Waals surface area contributed by atoms with Crippen LogP contribution in [0.15, 0.2) is 6.33 Å². The fourth-order valence-electron chi connectivity index (χ4n) is 2.36. The van der Waals surface area contributed by atoms with Gasteiger partial charge in [-0.05, 0) is 30.4 Å². The number of aromatic nitrogens is 5. The minimum Gasteiger partial charge on any atom is -0.309 e. The lowest BCUT2D eigenvalue weighted by atomic mass is 10.1. The van der Waals surface area contributed by atoms with Crippen molar-refractivity contribution in [3.8, 4) is 0 Å². The lowest BCUT2D eigenvalue weighted by Crippen LogP contribution is -2.25. The van der Waals surface area contributed by atoms with Crippen molar-refractivity contribution in [2.24, 2.45) is 5.92 Å². The predicted molar refractivity (Wildman–Crippen MR) is 84.3 cm³/mol. The van der Waals surface area contributed by atoms with E-state index in [1.165, 1.54) is 16.4 Å². The second-order valence-corrected chi connectivity index (χ2v) is 6.29. The molecule has 0 spiro atoms. The van der Waals surface area contributed by atoms with E-state index in [1.54, 1.807) is 6.33 Å². The third kappa shape index (κ3) is 4.07. The van der Waals surface area contributed by atoms with Gasteiger partial charge in [0.15, 0.2) is 0 Å². The molecule has 7 heteroatoms. The highest BCUT2D eigenvalue weighted by Crippen LogP contribution is 2.24. The average Bonchev–Trinajstić information content (AvgIpc) is 3.07. The number of aryl methyl sites for hydroxylation is 1. The standard InChI is InChI=1S/C14H24N6S/c1-5-11-14(21-19-18-11)12(15-6-2)7-13-16-9-17-20(13)8-10(3)4/h9-10,12,15H,5-8H2,1-4H3. The molecule has 0 saturated heterocycles. The molecule has 1 atom stereocenters. The normalized spacial score (nSPS) is 13.0. The van der Waals surface area contributed by atoms with Crippen molar-refractivity contribution < 1.29 is 0 Å². The predicted octanol–water partition coefficient (Wildman–Crippen LogP) is 2.24. The maximum absolute atomic E-state index is 4.43. The third-order valence-electron chi connectivity index (χ3n) is 3.31. The summed E-state index contributed by atoms with van der Waals surface area (Å²) < 4.78 is 6.11. The van der Waals surface area contributed by atoms with Gasteiger partial charge in [0.05, 0.1) is 16.6 Å². The summed E-state index contributed by atoms with van der Waals surface area (Å²) in [6.07, 6.45) is 3.37. The number of rotatable bonds is 8. The van der Waals surface area contributed by atoms with Crippen molar-refractivity contribution in [2.45, 2.75) is 53.1 Å². The lowest BCUT2D eigenvalue weighted by Gasteiger charge is -2.17. The van der Waals surface area contributed by atoms with Gasteiger partial charge in [-0.25, -0.2) is 9.67 Å². The number of likely N-dealkylation sites (N-methyl/N-ethyl adjacent to an activating group) is 1. The van der Waals surface area contributed by atoms with E-state index in [0.29, 0.717) is 5.92 Å². The van der Waals surface area contributed by atoms with E-state index in [1.807, 2.05) is 4.68 Å². The first-order valence-corrected chi connectivity index (χ1v) is 8.34. The Kier molecular flexibility index (Phi) is 5.81. The topological polar surface area (TPSA) is 68.5 Å². The van der Waals surface area contributed by atoms with Crippen LogP contribution in [0.1, 0.15) is 50.1 Å². The molecule has 0 saturated carbocycles. The molecule has 2 aromatic heterocycles. The van der Waals surface area contributed by atoms with Crippen LogP contribution in [0.2, 0.25) is 0 Å². The Hall–Kier alpha value is -1.34. The molecule has 116 valence electrons. The number of hydrogen-bond donors (Lipinski definition) is 1. The minimum absolute atomic E-state index is 0.208. The first-order chi connectivity index (χ1) is 10.2. The number of nitrogens with one attached hydrogen (secondary N) is 1. The number of nitrogens with zero attached hydrogens (tertiary/aromatic N) is 5. The Morgan fingerprint density at radius 1 is 1.33 bits per heavy atom. The smallest absolute Gasteiger partial charge is 0.138 e. The Balaban J connectivity index is 2.19. The molecular weight excluding hydrogens is 284 g/mol. The van der Waals surface area contributed by atoms with Crippen LogP contribution in [-0.4, -0.2) is 30.9 Å². The van der Waals surface area contributed by atoms with Crippen molar-refractivity contribution in [1.29, 1.82) is 0 Å². The van der Waals surface area contributed by atoms with E-state index in [9.17, 15) is 0 Å². The van der Waals surface area contributed by atoms with Crippen LogP contribution >= 0.6 is 11.5 Å². The molecule has 1 N–H and O–H groups in total. The van der Waals surface area contributed by atoms with E-state index < -0.39 is 0 Å². The van der Waals surface area contributed by atoms with E-state index in [4.69, 9.17) is 0 Å². The van der Waals surface area contributed by atoms with Crippen LogP contribution in [0.4, 0.5) is 0 Å². The molecule has 6 nitrogen and oxygen atoms in total. The molecule has 2 heterocycles. The summed E-state index contributed by atoms with van der Waals surface area (Å²) in [5, 5.41) is 12.1. The third-order valence-corrected chi connectivity index (χ3v) is 4.19. The fourth-order valence-corrected chi connectivity index (χ4v) is 3.17. The molecule has 21 heavy (non-hydrogen) atoms. The molecule has 0 radical (unpaired) electrons. The van der Waals surface area contributed by atoms with Crippen LogP contribution < -0.4 is 5.32 Å². The molecule has 0 fully saturated rings. The summed E-state index contributed by atoms with van der Waals surface area (Å²) in [5.74, 6) is 1.57. The van der Waals surface area contributed by atoms with Crippen molar-refractivity contribution in [3.05, 3.63) is 22.7 Å². The first-order valence-electron chi connectivity index (χ1n) is 7.56. The molecule has 0 aliphatic rings. The monoisotopic (exact) mass is 308 g/mol. The lowest BCUT2D eigenvalue weighted by molar-refractivity contribution is 0.447. The van der Waals surface area contributed by atoms with Crippen LogP contribution in [0.25, 0.3) is 0 Å². The van der Waals surface area contributed by atoms with Crippen LogP contribution in [0.3, 0.4) is 0 Å². The Labute approximate surface area is 130 Å². The number of hydrogen-bond acceptors (Lipinski definition) is 6. The molecule has 0 bridgehead atoms. The second kappa shape index (κ2) is 7.61. The van der Waals surface area contributed by atoms with Crippen molar-refractivity contribution in [1.82, 2.24) is 29.7 Å². The summed E-state index contributed by atoms with van der Waals surface area (Å²) in [4.78, 5) is 5.65. The summed E-state index contributed by atoms with van der Waals surface area (Å²) in [5.41, 5.74) is 1.08. The van der Waals surface area contributed by atoms with E-state index >= 15 is 0 Å². The Bertz CT molecular complexity index is 547. The molecule has 0 amide bonds. The van der Waals surface area contributed by atoms with Gasteiger partial charge in [-0.1, -0.05) is 32.2 Å². The summed E-state index contributed by atoms with van der Waals surface area (Å²) >= 11 is 1.48. The van der Waals surface area contributed by atoms with E-state index in [2.05, 4.69) is 52.7 Å². The highest BCUT2D eigenvalue weighted by Gasteiger charge is 2.20. The maximum atomic E-state index is 4.43. The van der Waals surface area contributed by atoms with Gasteiger partial charge < -0.3 is 5.32 Å². The van der Waals surface area contributed by atoms with E-state index in [-0.39, 0.29) is 6.04 Å². The Morgan fingerprint density at radius 2 is 2.14 bits per heavy atom. The van der Waals surface area contributed by atoms with Gasteiger partial charge in [0.1, 0.15) is 12.2 Å². The SMILES string of the molecule is CCNC(Cc1ncnn1CC(C)C)c1snnc1CC. The summed E-state index contributed by atoms with van der Waals surface area (Å²) in [6.45, 7) is 10.4. The highest BCUT2D eigenvalue weighted by molar-refractivity contribution is 7.05. The fraction of sp³-hybridized carbons (Fsp3) is 0.714. The van der Waals surface area contributed by atoms with Gasteiger partial charge in [-0.3, -0.25) is 0 Å². The van der Waals surface area contributed by atoms with Gasteiger partial charge in [-0.2, -0.15) is 5.10 Å². The quantitative estimate of drug-likeness (QED) is 0.810. The van der Waals surface area contributed by atoms with E-state index in [0.717, 1.165) is 37.4 Å². The zero-order valence-corrected chi connectivity index (χ0v) is 14.0. The minimum atomic E-state index is 0.208. The molecule has 2 rings (SSSR count). The zero-order chi connectivity index (χ0) is 15.2. The molecule has 0 aliphatic carbocycles. The molecule has 0 aliphatic heterocycles. The summed E-state index contributed by atoms with van der Waals surface area (Å²) in [6, 6.07) is 0.208. The molecule has 1 unspecified atom stereocenters. The second-order valence-electron chi connectivity index (χ2n) is 5.50. The van der Waals surface area contributed by atoms with Gasteiger partial charge in [0.25, 0.3) is 0 Å². The van der Waals surface area contributed by atoms with Crippen molar-refractivity contribution in [3.63, 3.8) is 0 Å². The molecule has 0 aromatic carbocycles. The highest BCUT2D eigenvalue weighted by atomic mass is 32.1.